The van der Waals surface area contributed by atoms with Crippen molar-refractivity contribution in [2.75, 3.05) is 24.3 Å². The molecule has 4 aromatic rings. The fourth-order valence-corrected chi connectivity index (χ4v) is 3.89. The van der Waals surface area contributed by atoms with Crippen LogP contribution >= 0.6 is 11.8 Å². The molecule has 0 aliphatic carbocycles. The summed E-state index contributed by atoms with van der Waals surface area (Å²) in [6, 6.07) is 8.99. The zero-order chi connectivity index (χ0) is 21.8. The molecule has 10 nitrogen and oxygen atoms in total. The van der Waals surface area contributed by atoms with Crippen LogP contribution in [0.25, 0.3) is 11.5 Å². The van der Waals surface area contributed by atoms with Gasteiger partial charge in [0.1, 0.15) is 24.7 Å². The number of fused-ring (bicyclic) bond motifs is 1. The van der Waals surface area contributed by atoms with Crippen molar-refractivity contribution in [1.82, 2.24) is 24.7 Å². The number of benzene rings is 1. The Bertz CT molecular complexity index is 1210. The van der Waals surface area contributed by atoms with Crippen LogP contribution in [0.15, 0.2) is 64.8 Å². The summed E-state index contributed by atoms with van der Waals surface area (Å²) in [5, 5.41) is 12.0. The molecule has 0 spiro atoms. The van der Waals surface area contributed by atoms with Crippen LogP contribution in [0.2, 0.25) is 0 Å². The first-order valence-electron chi connectivity index (χ1n) is 9.80. The Morgan fingerprint density at radius 1 is 1.12 bits per heavy atom. The number of nitrogens with zero attached hydrogens (tertiary/aromatic N) is 5. The van der Waals surface area contributed by atoms with Crippen molar-refractivity contribution < 1.29 is 18.7 Å². The van der Waals surface area contributed by atoms with Crippen LogP contribution in [-0.4, -0.2) is 49.6 Å². The van der Waals surface area contributed by atoms with Crippen molar-refractivity contribution in [3.8, 4) is 23.0 Å². The zero-order valence-electron chi connectivity index (χ0n) is 16.8. The fourth-order valence-electron chi connectivity index (χ4n) is 3.15. The van der Waals surface area contributed by atoms with Crippen LogP contribution in [-0.2, 0) is 11.3 Å². The Morgan fingerprint density at radius 2 is 2.03 bits per heavy atom. The number of furan rings is 1. The van der Waals surface area contributed by atoms with E-state index in [-0.39, 0.29) is 11.7 Å². The maximum Gasteiger partial charge on any atom is 0.234 e. The molecule has 1 aromatic carbocycles. The smallest absolute Gasteiger partial charge is 0.234 e. The van der Waals surface area contributed by atoms with E-state index in [0.29, 0.717) is 53.6 Å². The van der Waals surface area contributed by atoms with Gasteiger partial charge in [-0.05, 0) is 24.3 Å². The highest BCUT2D eigenvalue weighted by atomic mass is 32.2. The number of carbonyl (C=O) groups is 1. The lowest BCUT2D eigenvalue weighted by Gasteiger charge is -2.19. The van der Waals surface area contributed by atoms with E-state index in [4.69, 9.17) is 13.9 Å². The summed E-state index contributed by atoms with van der Waals surface area (Å²) in [6.07, 6.45) is 6.41. The molecule has 3 aromatic heterocycles. The second-order valence-corrected chi connectivity index (χ2v) is 7.70. The van der Waals surface area contributed by atoms with E-state index in [0.717, 1.165) is 5.76 Å². The van der Waals surface area contributed by atoms with Gasteiger partial charge in [-0.15, -0.1) is 10.2 Å². The minimum Gasteiger partial charge on any atom is -0.486 e. The maximum atomic E-state index is 12.6. The van der Waals surface area contributed by atoms with Gasteiger partial charge in [0.05, 0.1) is 24.8 Å². The SMILES string of the molecule is O=C(CSc1nnc(-c2cnccn2)n1Cc1ccco1)Nc1ccc2c(c1)OCCO2. The molecule has 0 radical (unpaired) electrons. The van der Waals surface area contributed by atoms with E-state index in [9.17, 15) is 4.79 Å². The summed E-state index contributed by atoms with van der Waals surface area (Å²) >= 11 is 1.27. The van der Waals surface area contributed by atoms with E-state index in [1.54, 1.807) is 43.1 Å². The monoisotopic (exact) mass is 450 g/mol. The number of thioether (sulfide) groups is 1. The van der Waals surface area contributed by atoms with Gasteiger partial charge < -0.3 is 19.2 Å². The molecule has 1 aliphatic heterocycles. The Hall–Kier alpha value is -3.86. The van der Waals surface area contributed by atoms with Gasteiger partial charge in [0, 0.05) is 24.1 Å². The number of nitrogens with one attached hydrogen (secondary N) is 1. The third-order valence-electron chi connectivity index (χ3n) is 4.56. The molecular weight excluding hydrogens is 432 g/mol. The van der Waals surface area contributed by atoms with Gasteiger partial charge in [-0.25, -0.2) is 4.98 Å². The Morgan fingerprint density at radius 3 is 2.84 bits per heavy atom. The van der Waals surface area contributed by atoms with Crippen LogP contribution in [0.5, 0.6) is 11.5 Å². The summed E-state index contributed by atoms with van der Waals surface area (Å²) in [6.45, 7) is 1.41. The fraction of sp³-hybridized carbons (Fsp3) is 0.190. The third kappa shape index (κ3) is 4.42. The molecule has 32 heavy (non-hydrogen) atoms. The molecule has 0 bridgehead atoms. The highest BCUT2D eigenvalue weighted by molar-refractivity contribution is 7.99. The number of anilines is 1. The summed E-state index contributed by atoms with van der Waals surface area (Å²) in [5.74, 6) is 2.53. The van der Waals surface area contributed by atoms with Crippen molar-refractivity contribution in [2.24, 2.45) is 0 Å². The Balaban J connectivity index is 1.30. The molecule has 4 heterocycles. The normalized spacial score (nSPS) is 12.5. The van der Waals surface area contributed by atoms with Crippen LogP contribution in [0.4, 0.5) is 5.69 Å². The lowest BCUT2D eigenvalue weighted by Crippen LogP contribution is -2.17. The van der Waals surface area contributed by atoms with Crippen LogP contribution < -0.4 is 14.8 Å². The van der Waals surface area contributed by atoms with Crippen molar-refractivity contribution in [2.45, 2.75) is 11.7 Å². The van der Waals surface area contributed by atoms with Crippen molar-refractivity contribution in [3.63, 3.8) is 0 Å². The van der Waals surface area contributed by atoms with E-state index in [1.165, 1.54) is 11.8 Å². The van der Waals surface area contributed by atoms with Crippen LogP contribution in [0, 0.1) is 0 Å². The topological polar surface area (TPSA) is 117 Å². The molecule has 0 atom stereocenters. The van der Waals surface area contributed by atoms with Crippen LogP contribution in [0.3, 0.4) is 0 Å². The predicted octanol–water partition coefficient (Wildman–Crippen LogP) is 2.88. The summed E-state index contributed by atoms with van der Waals surface area (Å²) in [7, 11) is 0. The van der Waals surface area contributed by atoms with Crippen molar-refractivity contribution in [3.05, 3.63) is 60.9 Å². The third-order valence-corrected chi connectivity index (χ3v) is 5.53. The summed E-state index contributed by atoms with van der Waals surface area (Å²) < 4.78 is 18.4. The van der Waals surface area contributed by atoms with Crippen molar-refractivity contribution in [1.29, 1.82) is 0 Å². The van der Waals surface area contributed by atoms with E-state index in [2.05, 4.69) is 25.5 Å². The molecule has 5 rings (SSSR count). The quantitative estimate of drug-likeness (QED) is 0.424. The summed E-state index contributed by atoms with van der Waals surface area (Å²) in [5.41, 5.74) is 1.22. The van der Waals surface area contributed by atoms with Gasteiger partial charge in [-0.1, -0.05) is 11.8 Å². The number of hydrogen-bond acceptors (Lipinski definition) is 9. The number of carbonyl (C=O) groups excluding carboxylic acids is 1. The number of hydrogen-bond donors (Lipinski definition) is 1. The molecule has 11 heteroatoms. The second kappa shape index (κ2) is 9.10. The molecular formula is C21H18N6O4S. The van der Waals surface area contributed by atoms with Gasteiger partial charge >= 0.3 is 0 Å². The van der Waals surface area contributed by atoms with Gasteiger partial charge in [0.25, 0.3) is 0 Å². The number of rotatable bonds is 7. The standard InChI is InChI=1S/C21H18N6O4S/c28-19(24-14-3-4-17-18(10-14)31-9-8-30-17)13-32-21-26-25-20(16-11-22-5-6-23-16)27(21)12-15-2-1-7-29-15/h1-7,10-11H,8-9,12-13H2,(H,24,28). The first-order valence-corrected chi connectivity index (χ1v) is 10.8. The van der Waals surface area contributed by atoms with E-state index >= 15 is 0 Å². The minimum absolute atomic E-state index is 0.144. The predicted molar refractivity (Wildman–Crippen MR) is 116 cm³/mol. The van der Waals surface area contributed by atoms with Gasteiger partial charge in [0.2, 0.25) is 5.91 Å². The second-order valence-electron chi connectivity index (χ2n) is 6.76. The molecule has 1 N–H and O–H groups in total. The van der Waals surface area contributed by atoms with Crippen LogP contribution in [0.1, 0.15) is 5.76 Å². The molecule has 162 valence electrons. The van der Waals surface area contributed by atoms with E-state index < -0.39 is 0 Å². The average molecular weight is 450 g/mol. The van der Waals surface area contributed by atoms with E-state index in [1.807, 2.05) is 16.7 Å². The molecule has 0 saturated heterocycles. The van der Waals surface area contributed by atoms with Crippen molar-refractivity contribution >= 4 is 23.4 Å². The van der Waals surface area contributed by atoms with Gasteiger partial charge in [-0.2, -0.15) is 0 Å². The minimum atomic E-state index is -0.180. The zero-order valence-corrected chi connectivity index (χ0v) is 17.6. The highest BCUT2D eigenvalue weighted by Crippen LogP contribution is 2.32. The maximum absolute atomic E-state index is 12.6. The first kappa shape index (κ1) is 20.1. The van der Waals surface area contributed by atoms with Gasteiger partial charge in [-0.3, -0.25) is 14.3 Å². The Labute approximate surface area is 187 Å². The molecule has 1 amide bonds. The number of aromatic nitrogens is 5. The number of amides is 1. The molecule has 0 fully saturated rings. The first-order chi connectivity index (χ1) is 15.8. The highest BCUT2D eigenvalue weighted by Gasteiger charge is 2.18. The number of ether oxygens (including phenoxy) is 2. The van der Waals surface area contributed by atoms with Gasteiger partial charge in [0.15, 0.2) is 22.5 Å². The Kier molecular flexibility index (Phi) is 5.71. The molecule has 1 aliphatic rings. The lowest BCUT2D eigenvalue weighted by molar-refractivity contribution is -0.113. The largest absolute Gasteiger partial charge is 0.486 e. The lowest BCUT2D eigenvalue weighted by atomic mass is 10.2. The molecule has 0 saturated carbocycles. The average Bonchev–Trinajstić information content (AvgIpc) is 3.49. The molecule has 0 unspecified atom stereocenters. The summed E-state index contributed by atoms with van der Waals surface area (Å²) in [4.78, 5) is 21.0.